The van der Waals surface area contributed by atoms with E-state index in [-0.39, 0.29) is 0 Å². The number of hydrogen-bond donors (Lipinski definition) is 0. The molecule has 1 aromatic carbocycles. The molecule has 0 bridgehead atoms. The van der Waals surface area contributed by atoms with Crippen molar-refractivity contribution in [1.82, 2.24) is 0 Å². The lowest BCUT2D eigenvalue weighted by Crippen LogP contribution is -1.83. The molecular formula is C10H8ClN. The SMILES string of the molecule is C=C(CCl)c1ccc(C#N)cc1. The van der Waals surface area contributed by atoms with Crippen LogP contribution in [-0.2, 0) is 0 Å². The standard InChI is InChI=1S/C10H8ClN/c1-8(6-11)10-4-2-9(7-12)3-5-10/h2-5H,1,6H2. The zero-order valence-electron chi connectivity index (χ0n) is 6.55. The molecule has 0 aliphatic carbocycles. The molecule has 1 aromatic rings. The van der Waals surface area contributed by atoms with Gasteiger partial charge in [0.2, 0.25) is 0 Å². The lowest BCUT2D eigenvalue weighted by Gasteiger charge is -1.99. The van der Waals surface area contributed by atoms with Gasteiger partial charge in [-0.2, -0.15) is 5.26 Å². The van der Waals surface area contributed by atoms with Crippen molar-refractivity contribution in [3.63, 3.8) is 0 Å². The van der Waals surface area contributed by atoms with Crippen LogP contribution in [0.1, 0.15) is 11.1 Å². The predicted octanol–water partition coefficient (Wildman–Crippen LogP) is 2.81. The van der Waals surface area contributed by atoms with Gasteiger partial charge >= 0.3 is 0 Å². The van der Waals surface area contributed by atoms with Crippen molar-refractivity contribution in [2.75, 3.05) is 5.88 Å². The molecule has 0 aliphatic heterocycles. The number of nitrogens with zero attached hydrogens (tertiary/aromatic N) is 1. The minimum absolute atomic E-state index is 0.423. The number of halogens is 1. The summed E-state index contributed by atoms with van der Waals surface area (Å²) in [5.41, 5.74) is 2.52. The third kappa shape index (κ3) is 1.87. The second-order valence-electron chi connectivity index (χ2n) is 2.43. The molecule has 60 valence electrons. The molecule has 0 heterocycles. The molecule has 0 aromatic heterocycles. The summed E-state index contributed by atoms with van der Waals surface area (Å²) >= 11 is 5.60. The van der Waals surface area contributed by atoms with Crippen molar-refractivity contribution < 1.29 is 0 Å². The topological polar surface area (TPSA) is 23.8 Å². The molecule has 0 spiro atoms. The summed E-state index contributed by atoms with van der Waals surface area (Å²) < 4.78 is 0. The van der Waals surface area contributed by atoms with Crippen LogP contribution in [0.15, 0.2) is 30.8 Å². The maximum atomic E-state index is 8.53. The van der Waals surface area contributed by atoms with Crippen LogP contribution in [-0.4, -0.2) is 5.88 Å². The first kappa shape index (κ1) is 8.83. The van der Waals surface area contributed by atoms with E-state index in [0.29, 0.717) is 11.4 Å². The Hall–Kier alpha value is -1.26. The molecule has 0 N–H and O–H groups in total. The fraction of sp³-hybridized carbons (Fsp3) is 0.100. The summed E-state index contributed by atoms with van der Waals surface area (Å²) in [5.74, 6) is 0.423. The third-order valence-electron chi connectivity index (χ3n) is 1.58. The zero-order valence-corrected chi connectivity index (χ0v) is 7.30. The van der Waals surface area contributed by atoms with Gasteiger partial charge < -0.3 is 0 Å². The molecule has 0 atom stereocenters. The third-order valence-corrected chi connectivity index (χ3v) is 1.91. The van der Waals surface area contributed by atoms with Gasteiger partial charge in [-0.3, -0.25) is 0 Å². The summed E-state index contributed by atoms with van der Waals surface area (Å²) in [5, 5.41) is 8.53. The maximum absolute atomic E-state index is 8.53. The van der Waals surface area contributed by atoms with Crippen LogP contribution in [0.4, 0.5) is 0 Å². The van der Waals surface area contributed by atoms with Crippen LogP contribution in [0.2, 0.25) is 0 Å². The van der Waals surface area contributed by atoms with E-state index in [1.165, 1.54) is 0 Å². The van der Waals surface area contributed by atoms with E-state index in [1.807, 2.05) is 18.2 Å². The molecule has 0 unspecified atom stereocenters. The highest BCUT2D eigenvalue weighted by Crippen LogP contribution is 2.13. The molecular weight excluding hydrogens is 170 g/mol. The number of alkyl halides is 1. The van der Waals surface area contributed by atoms with Gasteiger partial charge in [-0.1, -0.05) is 18.7 Å². The van der Waals surface area contributed by atoms with E-state index in [9.17, 15) is 0 Å². The minimum atomic E-state index is 0.423. The van der Waals surface area contributed by atoms with Crippen LogP contribution in [0.3, 0.4) is 0 Å². The molecule has 12 heavy (non-hydrogen) atoms. The Labute approximate surface area is 76.9 Å². The number of allylic oxidation sites excluding steroid dienone is 1. The molecule has 2 heteroatoms. The molecule has 0 saturated carbocycles. The molecule has 0 fully saturated rings. The van der Waals surface area contributed by atoms with Gasteiger partial charge in [0.05, 0.1) is 11.6 Å². The Bertz CT molecular complexity index is 319. The normalized spacial score (nSPS) is 9.00. The quantitative estimate of drug-likeness (QED) is 0.638. The monoisotopic (exact) mass is 177 g/mol. The molecule has 1 nitrogen and oxygen atoms in total. The van der Waals surface area contributed by atoms with Gasteiger partial charge in [0, 0.05) is 5.88 Å². The first-order valence-electron chi connectivity index (χ1n) is 3.52. The highest BCUT2D eigenvalue weighted by molar-refractivity contribution is 6.23. The Morgan fingerprint density at radius 2 is 2.00 bits per heavy atom. The van der Waals surface area contributed by atoms with Gasteiger partial charge in [-0.05, 0) is 23.3 Å². The largest absolute Gasteiger partial charge is 0.192 e. The second kappa shape index (κ2) is 3.94. The average molecular weight is 178 g/mol. The summed E-state index contributed by atoms with van der Waals surface area (Å²) in [6.07, 6.45) is 0. The summed E-state index contributed by atoms with van der Waals surface area (Å²) in [7, 11) is 0. The van der Waals surface area contributed by atoms with Gasteiger partial charge in [-0.15, -0.1) is 11.6 Å². The highest BCUT2D eigenvalue weighted by Gasteiger charge is 1.96. The van der Waals surface area contributed by atoms with Crippen molar-refractivity contribution in [3.05, 3.63) is 42.0 Å². The first-order valence-corrected chi connectivity index (χ1v) is 4.05. The van der Waals surface area contributed by atoms with Crippen LogP contribution < -0.4 is 0 Å². The molecule has 0 saturated heterocycles. The lowest BCUT2D eigenvalue weighted by atomic mass is 10.1. The fourth-order valence-electron chi connectivity index (χ4n) is 0.858. The molecule has 0 radical (unpaired) electrons. The van der Waals surface area contributed by atoms with E-state index in [0.717, 1.165) is 11.1 Å². The van der Waals surface area contributed by atoms with Crippen molar-refractivity contribution in [3.8, 4) is 6.07 Å². The first-order chi connectivity index (χ1) is 5.77. The van der Waals surface area contributed by atoms with Crippen LogP contribution in [0.5, 0.6) is 0 Å². The van der Waals surface area contributed by atoms with Crippen molar-refractivity contribution in [1.29, 1.82) is 5.26 Å². The fourth-order valence-corrected chi connectivity index (χ4v) is 1.01. The van der Waals surface area contributed by atoms with Gasteiger partial charge in [0.1, 0.15) is 0 Å². The summed E-state index contributed by atoms with van der Waals surface area (Å²) in [4.78, 5) is 0. The van der Waals surface area contributed by atoms with Crippen molar-refractivity contribution >= 4 is 17.2 Å². The van der Waals surface area contributed by atoms with Crippen LogP contribution >= 0.6 is 11.6 Å². The second-order valence-corrected chi connectivity index (χ2v) is 2.69. The lowest BCUT2D eigenvalue weighted by molar-refractivity contribution is 1.47. The molecule has 0 amide bonds. The Morgan fingerprint density at radius 1 is 1.42 bits per heavy atom. The predicted molar refractivity (Wildman–Crippen MR) is 50.9 cm³/mol. The Morgan fingerprint density at radius 3 is 2.42 bits per heavy atom. The van der Waals surface area contributed by atoms with Gasteiger partial charge in [-0.25, -0.2) is 0 Å². The number of rotatable bonds is 2. The van der Waals surface area contributed by atoms with Crippen molar-refractivity contribution in [2.45, 2.75) is 0 Å². The number of hydrogen-bond acceptors (Lipinski definition) is 1. The average Bonchev–Trinajstić information content (AvgIpc) is 2.17. The van der Waals surface area contributed by atoms with E-state index < -0.39 is 0 Å². The zero-order chi connectivity index (χ0) is 8.97. The maximum Gasteiger partial charge on any atom is 0.0991 e. The summed E-state index contributed by atoms with van der Waals surface area (Å²) in [6.45, 7) is 3.78. The Kier molecular flexibility index (Phi) is 2.90. The van der Waals surface area contributed by atoms with Crippen molar-refractivity contribution in [2.24, 2.45) is 0 Å². The van der Waals surface area contributed by atoms with Gasteiger partial charge in [0.25, 0.3) is 0 Å². The van der Waals surface area contributed by atoms with Crippen LogP contribution in [0, 0.1) is 11.3 Å². The molecule has 0 aliphatic rings. The minimum Gasteiger partial charge on any atom is -0.192 e. The van der Waals surface area contributed by atoms with E-state index in [2.05, 4.69) is 6.58 Å². The van der Waals surface area contributed by atoms with Gasteiger partial charge in [0.15, 0.2) is 0 Å². The summed E-state index contributed by atoms with van der Waals surface area (Å²) in [6, 6.07) is 9.26. The van der Waals surface area contributed by atoms with Crippen LogP contribution in [0.25, 0.3) is 5.57 Å². The van der Waals surface area contributed by atoms with E-state index >= 15 is 0 Å². The Balaban J connectivity index is 2.94. The van der Waals surface area contributed by atoms with E-state index in [4.69, 9.17) is 16.9 Å². The smallest absolute Gasteiger partial charge is 0.0991 e. The number of nitriles is 1. The highest BCUT2D eigenvalue weighted by atomic mass is 35.5. The van der Waals surface area contributed by atoms with E-state index in [1.54, 1.807) is 12.1 Å². The molecule has 1 rings (SSSR count). The number of benzene rings is 1.